The smallest absolute Gasteiger partial charge is 0.245 e. The minimum Gasteiger partial charge on any atom is -0.360 e. The first-order valence-corrected chi connectivity index (χ1v) is 6.62. The Labute approximate surface area is 95.9 Å². The molecule has 0 aromatic heterocycles. The van der Waals surface area contributed by atoms with E-state index < -0.39 is 5.79 Å². The summed E-state index contributed by atoms with van der Waals surface area (Å²) in [6.45, 7) is 0. The van der Waals surface area contributed by atoms with Crippen LogP contribution in [0.4, 0.5) is 0 Å². The highest BCUT2D eigenvalue weighted by Gasteiger charge is 2.62. The predicted molar refractivity (Wildman–Crippen MR) is 59.7 cm³/mol. The average molecular weight is 221 g/mol. The van der Waals surface area contributed by atoms with E-state index >= 15 is 0 Å². The molecule has 0 aromatic rings. The summed E-state index contributed by atoms with van der Waals surface area (Å²) in [5.41, 5.74) is 0.0260. The minimum absolute atomic E-state index is 0.0260. The van der Waals surface area contributed by atoms with E-state index in [1.165, 1.54) is 38.5 Å². The molecule has 4 fully saturated rings. The third kappa shape index (κ3) is 1.05. The van der Waals surface area contributed by atoms with Crippen molar-refractivity contribution in [2.45, 2.75) is 50.7 Å². The van der Waals surface area contributed by atoms with E-state index in [2.05, 4.69) is 5.16 Å². The molecule has 4 saturated carbocycles. The third-order valence-electron chi connectivity index (χ3n) is 5.51. The van der Waals surface area contributed by atoms with Gasteiger partial charge in [-0.05, 0) is 56.3 Å². The summed E-state index contributed by atoms with van der Waals surface area (Å²) >= 11 is 0. The number of nitrogens with zero attached hydrogens (tertiary/aromatic N) is 1. The highest BCUT2D eigenvalue weighted by molar-refractivity contribution is 5.59. The highest BCUT2D eigenvalue weighted by atomic mass is 16.7. The topological polar surface area (TPSA) is 41.8 Å². The molecule has 5 aliphatic rings. The van der Waals surface area contributed by atoms with Crippen molar-refractivity contribution in [3.63, 3.8) is 0 Å². The molecule has 3 nitrogen and oxygen atoms in total. The van der Waals surface area contributed by atoms with Crippen molar-refractivity contribution in [3.8, 4) is 0 Å². The second kappa shape index (κ2) is 2.81. The number of hydrogen-bond acceptors (Lipinski definition) is 3. The van der Waals surface area contributed by atoms with Crippen LogP contribution in [0.15, 0.2) is 5.16 Å². The SMILES string of the molecule is OC1(C23CC4CC(CC(C4)C2)C3)CC=NO1. The van der Waals surface area contributed by atoms with Gasteiger partial charge in [0.05, 0.1) is 12.6 Å². The Balaban J connectivity index is 1.71. The molecule has 3 heteroatoms. The van der Waals surface area contributed by atoms with E-state index in [9.17, 15) is 5.11 Å². The summed E-state index contributed by atoms with van der Waals surface area (Å²) in [6, 6.07) is 0. The van der Waals surface area contributed by atoms with Crippen LogP contribution in [0, 0.1) is 23.2 Å². The van der Waals surface area contributed by atoms with E-state index in [0.29, 0.717) is 6.42 Å². The van der Waals surface area contributed by atoms with Gasteiger partial charge in [0.1, 0.15) is 0 Å². The van der Waals surface area contributed by atoms with Gasteiger partial charge in [-0.25, -0.2) is 0 Å². The third-order valence-corrected chi connectivity index (χ3v) is 5.51. The molecule has 1 unspecified atom stereocenters. The largest absolute Gasteiger partial charge is 0.360 e. The van der Waals surface area contributed by atoms with E-state index in [1.54, 1.807) is 6.21 Å². The van der Waals surface area contributed by atoms with Gasteiger partial charge in [-0.3, -0.25) is 0 Å². The molecule has 0 radical (unpaired) electrons. The van der Waals surface area contributed by atoms with Gasteiger partial charge in [-0.15, -0.1) is 0 Å². The van der Waals surface area contributed by atoms with E-state index in [1.807, 2.05) is 0 Å². The quantitative estimate of drug-likeness (QED) is 0.738. The predicted octanol–water partition coefficient (Wildman–Crippen LogP) is 2.30. The van der Waals surface area contributed by atoms with Gasteiger partial charge in [0.25, 0.3) is 0 Å². The molecule has 4 aliphatic carbocycles. The van der Waals surface area contributed by atoms with Gasteiger partial charge in [0, 0.05) is 5.41 Å². The second-order valence-corrected chi connectivity index (χ2v) is 6.57. The minimum atomic E-state index is -0.969. The molecular weight excluding hydrogens is 202 g/mol. The Kier molecular flexibility index (Phi) is 1.66. The maximum atomic E-state index is 10.7. The Morgan fingerprint density at radius 1 is 1.06 bits per heavy atom. The standard InChI is InChI=1S/C13H19NO2/c15-13(1-2-14-16-13)12-6-9-3-10(7-12)5-11(4-9)8-12/h2,9-11,15H,1,3-8H2. The summed E-state index contributed by atoms with van der Waals surface area (Å²) in [4.78, 5) is 5.35. The number of rotatable bonds is 1. The molecule has 88 valence electrons. The molecule has 1 heterocycles. The van der Waals surface area contributed by atoms with Crippen LogP contribution < -0.4 is 0 Å². The van der Waals surface area contributed by atoms with Crippen molar-refractivity contribution in [2.24, 2.45) is 28.3 Å². The highest BCUT2D eigenvalue weighted by Crippen LogP contribution is 2.64. The van der Waals surface area contributed by atoms with Crippen molar-refractivity contribution in [1.82, 2.24) is 0 Å². The zero-order valence-electron chi connectivity index (χ0n) is 9.56. The van der Waals surface area contributed by atoms with Crippen LogP contribution in [0.5, 0.6) is 0 Å². The van der Waals surface area contributed by atoms with Gasteiger partial charge >= 0.3 is 0 Å². The first-order valence-electron chi connectivity index (χ1n) is 6.62. The lowest BCUT2D eigenvalue weighted by atomic mass is 9.47. The first kappa shape index (κ1) is 9.46. The van der Waals surface area contributed by atoms with Crippen LogP contribution >= 0.6 is 0 Å². The average Bonchev–Trinajstić information content (AvgIpc) is 2.64. The zero-order chi connectivity index (χ0) is 10.8. The zero-order valence-corrected chi connectivity index (χ0v) is 9.56. The van der Waals surface area contributed by atoms with Crippen LogP contribution in [-0.2, 0) is 4.84 Å². The van der Waals surface area contributed by atoms with Crippen molar-refractivity contribution < 1.29 is 9.94 Å². The molecule has 1 N–H and O–H groups in total. The van der Waals surface area contributed by atoms with Gasteiger partial charge in [0.2, 0.25) is 5.79 Å². The molecular formula is C13H19NO2. The lowest BCUT2D eigenvalue weighted by Crippen LogP contribution is -2.58. The van der Waals surface area contributed by atoms with E-state index in [0.717, 1.165) is 17.8 Å². The van der Waals surface area contributed by atoms with Crippen LogP contribution in [-0.4, -0.2) is 17.1 Å². The van der Waals surface area contributed by atoms with Crippen molar-refractivity contribution >= 4 is 6.21 Å². The maximum absolute atomic E-state index is 10.7. The fourth-order valence-electron chi connectivity index (χ4n) is 5.23. The summed E-state index contributed by atoms with van der Waals surface area (Å²) in [6.07, 6.45) is 10.0. The Morgan fingerprint density at radius 3 is 2.06 bits per heavy atom. The fourth-order valence-corrected chi connectivity index (χ4v) is 5.23. The van der Waals surface area contributed by atoms with Crippen LogP contribution in [0.2, 0.25) is 0 Å². The fraction of sp³-hybridized carbons (Fsp3) is 0.923. The molecule has 16 heavy (non-hydrogen) atoms. The van der Waals surface area contributed by atoms with Gasteiger partial charge < -0.3 is 9.94 Å². The molecule has 0 spiro atoms. The maximum Gasteiger partial charge on any atom is 0.245 e. The lowest BCUT2D eigenvalue weighted by molar-refractivity contribution is -0.297. The Bertz CT molecular complexity index is 307. The Hall–Kier alpha value is -0.570. The van der Waals surface area contributed by atoms with Gasteiger partial charge in [-0.2, -0.15) is 0 Å². The van der Waals surface area contributed by atoms with Crippen LogP contribution in [0.3, 0.4) is 0 Å². The monoisotopic (exact) mass is 221 g/mol. The second-order valence-electron chi connectivity index (χ2n) is 6.57. The molecule has 5 rings (SSSR count). The first-order chi connectivity index (χ1) is 7.69. The van der Waals surface area contributed by atoms with Gasteiger partial charge in [0.15, 0.2) is 0 Å². The van der Waals surface area contributed by atoms with Crippen LogP contribution in [0.25, 0.3) is 0 Å². The number of hydrogen-bond donors (Lipinski definition) is 1. The van der Waals surface area contributed by atoms with Crippen molar-refractivity contribution in [3.05, 3.63) is 0 Å². The molecule has 4 bridgehead atoms. The summed E-state index contributed by atoms with van der Waals surface area (Å²) in [5.74, 6) is 1.57. The molecule has 1 atom stereocenters. The number of aliphatic hydroxyl groups is 1. The Morgan fingerprint density at radius 2 is 1.62 bits per heavy atom. The summed E-state index contributed by atoms with van der Waals surface area (Å²) in [5, 5.41) is 14.5. The summed E-state index contributed by atoms with van der Waals surface area (Å²) in [7, 11) is 0. The lowest BCUT2D eigenvalue weighted by Gasteiger charge is -2.59. The number of oxime groups is 1. The normalized spacial score (nSPS) is 57.9. The van der Waals surface area contributed by atoms with Crippen molar-refractivity contribution in [1.29, 1.82) is 0 Å². The molecule has 0 aromatic carbocycles. The molecule has 0 amide bonds. The molecule has 0 saturated heterocycles. The molecule has 1 aliphatic heterocycles. The van der Waals surface area contributed by atoms with E-state index in [4.69, 9.17) is 4.84 Å². The van der Waals surface area contributed by atoms with Crippen LogP contribution in [0.1, 0.15) is 44.9 Å². The van der Waals surface area contributed by atoms with Crippen molar-refractivity contribution in [2.75, 3.05) is 0 Å². The van der Waals surface area contributed by atoms with E-state index in [-0.39, 0.29) is 5.41 Å². The van der Waals surface area contributed by atoms with Gasteiger partial charge in [-0.1, -0.05) is 5.16 Å². The summed E-state index contributed by atoms with van der Waals surface area (Å²) < 4.78 is 0.